The van der Waals surface area contributed by atoms with E-state index in [1.807, 2.05) is 6.92 Å². The molecule has 9 heteroatoms. The van der Waals surface area contributed by atoms with Gasteiger partial charge in [-0.05, 0) is 50.6 Å². The molecule has 1 aromatic heterocycles. The van der Waals surface area contributed by atoms with Gasteiger partial charge in [0.1, 0.15) is 11.0 Å². The van der Waals surface area contributed by atoms with Crippen LogP contribution in [0.1, 0.15) is 24.6 Å². The number of carbonyl (C=O) groups is 1. The van der Waals surface area contributed by atoms with E-state index < -0.39 is 9.84 Å². The lowest BCUT2D eigenvalue weighted by atomic mass is 10.2. The molecular formula is C19H21ClFN3O3S. The third-order valence-corrected chi connectivity index (χ3v) is 6.90. The van der Waals surface area contributed by atoms with Gasteiger partial charge in [0.2, 0.25) is 5.91 Å². The number of carbonyl (C=O) groups excluding carboxylic acids is 1. The van der Waals surface area contributed by atoms with Crippen LogP contribution in [-0.4, -0.2) is 53.1 Å². The lowest BCUT2D eigenvalue weighted by molar-refractivity contribution is -0.127. The van der Waals surface area contributed by atoms with E-state index in [1.54, 1.807) is 30.0 Å². The molecule has 1 aromatic carbocycles. The highest BCUT2D eigenvalue weighted by Gasteiger charge is 2.33. The maximum absolute atomic E-state index is 13.1. The van der Waals surface area contributed by atoms with Crippen LogP contribution in [0.15, 0.2) is 30.3 Å². The first kappa shape index (κ1) is 20.5. The van der Waals surface area contributed by atoms with Crippen molar-refractivity contribution in [1.29, 1.82) is 0 Å². The van der Waals surface area contributed by atoms with E-state index >= 15 is 0 Å². The van der Waals surface area contributed by atoms with E-state index in [1.165, 1.54) is 22.9 Å². The minimum Gasteiger partial charge on any atom is -0.335 e. The van der Waals surface area contributed by atoms with E-state index in [4.69, 9.17) is 11.6 Å². The molecule has 1 atom stereocenters. The Labute approximate surface area is 168 Å². The quantitative estimate of drug-likeness (QED) is 0.690. The Balaban J connectivity index is 1.82. The summed E-state index contributed by atoms with van der Waals surface area (Å²) >= 11 is 6.42. The van der Waals surface area contributed by atoms with Crippen molar-refractivity contribution in [2.75, 3.05) is 18.1 Å². The second-order valence-corrected chi connectivity index (χ2v) is 9.28. The molecule has 1 aliphatic heterocycles. The second kappa shape index (κ2) is 8.05. The lowest BCUT2D eigenvalue weighted by Crippen LogP contribution is -2.40. The summed E-state index contributed by atoms with van der Waals surface area (Å²) in [6.45, 7) is 4.00. The number of nitrogens with zero attached hydrogens (tertiary/aromatic N) is 3. The van der Waals surface area contributed by atoms with Crippen LogP contribution in [-0.2, 0) is 14.6 Å². The van der Waals surface area contributed by atoms with Crippen LogP contribution < -0.4 is 0 Å². The molecule has 1 aliphatic rings. The summed E-state index contributed by atoms with van der Waals surface area (Å²) in [5.74, 6) is -0.513. The molecule has 150 valence electrons. The van der Waals surface area contributed by atoms with Crippen molar-refractivity contribution in [3.05, 3.63) is 52.6 Å². The predicted octanol–water partition coefficient (Wildman–Crippen LogP) is 3.02. The fraction of sp³-hybridized carbons (Fsp3) is 0.368. The molecule has 0 spiro atoms. The molecule has 1 fully saturated rings. The van der Waals surface area contributed by atoms with Crippen molar-refractivity contribution >= 4 is 33.4 Å². The van der Waals surface area contributed by atoms with Gasteiger partial charge in [-0.25, -0.2) is 17.5 Å². The Kier molecular flexibility index (Phi) is 5.90. The SMILES string of the molecule is CCN(C(=O)/C=C/c1c(C)nn(-c2ccc(F)cc2)c1Cl)C1CCS(=O)(=O)C1. The Morgan fingerprint density at radius 3 is 2.64 bits per heavy atom. The van der Waals surface area contributed by atoms with Crippen LogP contribution in [0.5, 0.6) is 0 Å². The van der Waals surface area contributed by atoms with Gasteiger partial charge < -0.3 is 4.90 Å². The lowest BCUT2D eigenvalue weighted by Gasteiger charge is -2.25. The minimum absolute atomic E-state index is 0.00268. The number of aryl methyl sites for hydroxylation is 1. The van der Waals surface area contributed by atoms with E-state index in [0.29, 0.717) is 35.1 Å². The Hall–Kier alpha value is -2.19. The maximum Gasteiger partial charge on any atom is 0.246 e. The highest BCUT2D eigenvalue weighted by molar-refractivity contribution is 7.91. The molecule has 2 heterocycles. The molecule has 0 saturated carbocycles. The average Bonchev–Trinajstić information content (AvgIpc) is 3.13. The van der Waals surface area contributed by atoms with Gasteiger partial charge >= 0.3 is 0 Å². The number of hydrogen-bond donors (Lipinski definition) is 0. The molecule has 3 rings (SSSR count). The van der Waals surface area contributed by atoms with E-state index in [2.05, 4.69) is 5.10 Å². The molecule has 0 N–H and O–H groups in total. The highest BCUT2D eigenvalue weighted by atomic mass is 35.5. The van der Waals surface area contributed by atoms with Crippen LogP contribution in [0.3, 0.4) is 0 Å². The predicted molar refractivity (Wildman–Crippen MR) is 107 cm³/mol. The summed E-state index contributed by atoms with van der Waals surface area (Å²) in [6, 6.07) is 5.45. The average molecular weight is 426 g/mol. The molecule has 1 unspecified atom stereocenters. The first-order valence-electron chi connectivity index (χ1n) is 8.92. The zero-order valence-corrected chi connectivity index (χ0v) is 17.2. The standard InChI is InChI=1S/C19H21ClFN3O3S/c1-3-23(16-10-11-28(26,27)12-16)18(25)9-8-17-13(2)22-24(19(17)20)15-6-4-14(21)5-7-15/h4-9,16H,3,10-12H2,1-2H3/b9-8+. The first-order valence-corrected chi connectivity index (χ1v) is 11.1. The van der Waals surface area contributed by atoms with E-state index in [9.17, 15) is 17.6 Å². The van der Waals surface area contributed by atoms with Gasteiger partial charge in [0.05, 0.1) is 22.9 Å². The summed E-state index contributed by atoms with van der Waals surface area (Å²) in [7, 11) is -3.07. The normalized spacial score (nSPS) is 18.6. The summed E-state index contributed by atoms with van der Waals surface area (Å²) in [5.41, 5.74) is 1.80. The molecule has 1 amide bonds. The number of amides is 1. The summed E-state index contributed by atoms with van der Waals surface area (Å²) < 4.78 is 38.0. The first-order chi connectivity index (χ1) is 13.2. The van der Waals surface area contributed by atoms with Crippen molar-refractivity contribution in [3.63, 3.8) is 0 Å². The van der Waals surface area contributed by atoms with Crippen LogP contribution in [0.25, 0.3) is 11.8 Å². The summed E-state index contributed by atoms with van der Waals surface area (Å²) in [4.78, 5) is 14.2. The number of halogens is 2. The molecule has 0 bridgehead atoms. The fourth-order valence-electron chi connectivity index (χ4n) is 3.32. The zero-order valence-electron chi connectivity index (χ0n) is 15.6. The summed E-state index contributed by atoms with van der Waals surface area (Å²) in [5, 5.41) is 4.66. The third kappa shape index (κ3) is 4.28. The molecular weight excluding hydrogens is 405 g/mol. The van der Waals surface area contributed by atoms with E-state index in [0.717, 1.165) is 0 Å². The number of hydrogen-bond acceptors (Lipinski definition) is 4. The number of rotatable bonds is 5. The molecule has 1 saturated heterocycles. The second-order valence-electron chi connectivity index (χ2n) is 6.69. The third-order valence-electron chi connectivity index (χ3n) is 4.78. The molecule has 0 radical (unpaired) electrons. The van der Waals surface area contributed by atoms with Crippen LogP contribution in [0.4, 0.5) is 4.39 Å². The largest absolute Gasteiger partial charge is 0.335 e. The Morgan fingerprint density at radius 2 is 2.07 bits per heavy atom. The smallest absolute Gasteiger partial charge is 0.246 e. The van der Waals surface area contributed by atoms with Gasteiger partial charge in [-0.15, -0.1) is 0 Å². The molecule has 28 heavy (non-hydrogen) atoms. The molecule has 6 nitrogen and oxygen atoms in total. The van der Waals surface area contributed by atoms with Crippen molar-refractivity contribution in [1.82, 2.24) is 14.7 Å². The van der Waals surface area contributed by atoms with Gasteiger partial charge in [0.25, 0.3) is 0 Å². The fourth-order valence-corrected chi connectivity index (χ4v) is 5.39. The minimum atomic E-state index is -3.07. The van der Waals surface area contributed by atoms with Crippen molar-refractivity contribution in [3.8, 4) is 5.69 Å². The number of sulfone groups is 1. The van der Waals surface area contributed by atoms with Gasteiger partial charge in [-0.2, -0.15) is 5.10 Å². The van der Waals surface area contributed by atoms with Crippen molar-refractivity contribution < 1.29 is 17.6 Å². The Bertz CT molecular complexity index is 1020. The molecule has 0 aliphatic carbocycles. The highest BCUT2D eigenvalue weighted by Crippen LogP contribution is 2.25. The monoisotopic (exact) mass is 425 g/mol. The van der Waals surface area contributed by atoms with Crippen molar-refractivity contribution in [2.24, 2.45) is 0 Å². The van der Waals surface area contributed by atoms with Gasteiger partial charge in [0, 0.05) is 24.2 Å². The van der Waals surface area contributed by atoms with Crippen molar-refractivity contribution in [2.45, 2.75) is 26.3 Å². The number of likely N-dealkylation sites (N-methyl/N-ethyl adjacent to an activating group) is 1. The molecule has 2 aromatic rings. The van der Waals surface area contributed by atoms with E-state index in [-0.39, 0.29) is 29.3 Å². The summed E-state index contributed by atoms with van der Waals surface area (Å²) in [6.07, 6.45) is 3.43. The number of aromatic nitrogens is 2. The topological polar surface area (TPSA) is 72.3 Å². The van der Waals surface area contributed by atoms with Crippen LogP contribution in [0, 0.1) is 12.7 Å². The van der Waals surface area contributed by atoms with Gasteiger partial charge in [-0.1, -0.05) is 11.6 Å². The number of benzene rings is 1. The Morgan fingerprint density at radius 1 is 1.39 bits per heavy atom. The van der Waals surface area contributed by atoms with Crippen LogP contribution in [0.2, 0.25) is 5.15 Å². The van der Waals surface area contributed by atoms with Gasteiger partial charge in [-0.3, -0.25) is 4.79 Å². The van der Waals surface area contributed by atoms with Crippen LogP contribution >= 0.6 is 11.6 Å². The van der Waals surface area contributed by atoms with Gasteiger partial charge in [0.15, 0.2) is 9.84 Å². The maximum atomic E-state index is 13.1. The zero-order chi connectivity index (χ0) is 20.5.